The van der Waals surface area contributed by atoms with Gasteiger partial charge in [0.15, 0.2) is 11.6 Å². The van der Waals surface area contributed by atoms with Crippen LogP contribution in [-0.4, -0.2) is 28.7 Å². The Morgan fingerprint density at radius 1 is 1.03 bits per heavy atom. The van der Waals surface area contributed by atoms with Crippen molar-refractivity contribution >= 4 is 28.3 Å². The van der Waals surface area contributed by atoms with Crippen LogP contribution in [0.15, 0.2) is 36.4 Å². The van der Waals surface area contributed by atoms with Crippen molar-refractivity contribution in [3.05, 3.63) is 53.9 Å². The minimum absolute atomic E-state index is 0.113. The molecule has 33 heavy (non-hydrogen) atoms. The number of benzene rings is 2. The minimum atomic E-state index is -0.969. The second-order valence-corrected chi connectivity index (χ2v) is 9.02. The van der Waals surface area contributed by atoms with Crippen LogP contribution in [0.5, 0.6) is 0 Å². The molecule has 5 rings (SSSR count). The molecule has 1 aromatic heterocycles. The van der Waals surface area contributed by atoms with E-state index in [4.69, 9.17) is 15.5 Å². The average Bonchev–Trinajstić information content (AvgIpc) is 3.19. The maximum Gasteiger partial charge on any atom is 0.227 e. The zero-order valence-corrected chi connectivity index (χ0v) is 18.6. The third-order valence-electron chi connectivity index (χ3n) is 7.01. The highest BCUT2D eigenvalue weighted by atomic mass is 19.2. The molecule has 0 bridgehead atoms. The lowest BCUT2D eigenvalue weighted by Crippen LogP contribution is -2.40. The average molecular weight is 455 g/mol. The van der Waals surface area contributed by atoms with Gasteiger partial charge in [0.2, 0.25) is 5.91 Å². The Balaban J connectivity index is 1.62. The van der Waals surface area contributed by atoms with E-state index in [0.29, 0.717) is 30.6 Å². The van der Waals surface area contributed by atoms with Crippen LogP contribution in [-0.2, 0) is 9.53 Å². The topological polar surface area (TPSA) is 73.4 Å². The van der Waals surface area contributed by atoms with E-state index in [1.54, 1.807) is 12.0 Å². The second-order valence-electron chi connectivity index (χ2n) is 9.02. The highest BCUT2D eigenvalue weighted by Gasteiger charge is 2.36. The second kappa shape index (κ2) is 8.74. The van der Waals surface area contributed by atoms with Crippen molar-refractivity contribution in [1.29, 1.82) is 0 Å². The number of nitrogens with zero attached hydrogens (tertiary/aromatic N) is 3. The molecule has 2 aliphatic rings. The van der Waals surface area contributed by atoms with Crippen LogP contribution < -0.4 is 10.6 Å². The van der Waals surface area contributed by atoms with Crippen LogP contribution in [0, 0.1) is 11.6 Å². The van der Waals surface area contributed by atoms with E-state index in [1.165, 1.54) is 6.07 Å². The number of fused-ring (bicyclic) bond motifs is 1. The van der Waals surface area contributed by atoms with Gasteiger partial charge in [-0.05, 0) is 68.9 Å². The fourth-order valence-corrected chi connectivity index (χ4v) is 5.37. The van der Waals surface area contributed by atoms with E-state index in [0.717, 1.165) is 54.7 Å². The van der Waals surface area contributed by atoms with Gasteiger partial charge in [-0.15, -0.1) is 0 Å². The molecule has 1 atom stereocenters. The molecule has 1 amide bonds. The van der Waals surface area contributed by atoms with Crippen molar-refractivity contribution in [3.63, 3.8) is 0 Å². The van der Waals surface area contributed by atoms with E-state index in [-0.39, 0.29) is 24.1 Å². The lowest BCUT2D eigenvalue weighted by atomic mass is 9.92. The van der Waals surface area contributed by atoms with Gasteiger partial charge in [-0.25, -0.2) is 13.8 Å². The van der Waals surface area contributed by atoms with Crippen molar-refractivity contribution in [2.75, 3.05) is 17.7 Å². The number of hydrogen-bond donors (Lipinski definition) is 1. The zero-order chi connectivity index (χ0) is 23.1. The predicted molar refractivity (Wildman–Crippen MR) is 123 cm³/mol. The molecule has 8 heteroatoms. The van der Waals surface area contributed by atoms with Crippen molar-refractivity contribution in [2.45, 2.75) is 63.1 Å². The molecule has 2 fully saturated rings. The van der Waals surface area contributed by atoms with E-state index < -0.39 is 11.6 Å². The summed E-state index contributed by atoms with van der Waals surface area (Å²) in [5.41, 5.74) is 8.77. The van der Waals surface area contributed by atoms with Gasteiger partial charge in [0.1, 0.15) is 5.82 Å². The Bertz CT molecular complexity index is 1190. The summed E-state index contributed by atoms with van der Waals surface area (Å²) in [5, 5.41) is 0. The number of amides is 1. The first-order chi connectivity index (χ1) is 16.0. The predicted octanol–water partition coefficient (Wildman–Crippen LogP) is 5.29. The van der Waals surface area contributed by atoms with Crippen molar-refractivity contribution < 1.29 is 18.3 Å². The molecule has 1 aliphatic carbocycles. The quantitative estimate of drug-likeness (QED) is 0.544. The third-order valence-corrected chi connectivity index (χ3v) is 7.01. The normalized spacial score (nSPS) is 23.9. The zero-order valence-electron chi connectivity index (χ0n) is 18.6. The minimum Gasteiger partial charge on any atom is -0.399 e. The molecule has 6 nitrogen and oxygen atoms in total. The maximum absolute atomic E-state index is 14.1. The molecule has 3 aromatic rings. The molecule has 0 spiro atoms. The summed E-state index contributed by atoms with van der Waals surface area (Å²) in [6.45, 7) is 0. The number of carbonyl (C=O) groups is 1. The largest absolute Gasteiger partial charge is 0.399 e. The Morgan fingerprint density at radius 2 is 1.82 bits per heavy atom. The molecule has 0 unspecified atom stereocenters. The molecular formula is C25H28F2N4O2. The van der Waals surface area contributed by atoms with Gasteiger partial charge in [0, 0.05) is 37.0 Å². The number of halogens is 2. The molecule has 2 heterocycles. The first kappa shape index (κ1) is 21.8. The standard InChI is InChI=1S/C25H28F2N4O2/c1-33-18-9-6-16(7-10-18)31-22-12-5-15(28)13-21(22)29-25(31)23-3-2-4-24(32)30(23)17-8-11-19(26)20(27)14-17/h5,8,11-14,16,18,23H,2-4,6-7,9-10,28H2,1H3/t16?,18?,23-/m0/s1. The number of rotatable bonds is 4. The summed E-state index contributed by atoms with van der Waals surface area (Å²) in [6, 6.07) is 9.17. The molecule has 0 radical (unpaired) electrons. The van der Waals surface area contributed by atoms with E-state index >= 15 is 0 Å². The molecule has 1 saturated heterocycles. The van der Waals surface area contributed by atoms with Crippen molar-refractivity contribution in [3.8, 4) is 0 Å². The van der Waals surface area contributed by atoms with Crippen LogP contribution in [0.2, 0.25) is 0 Å². The Kier molecular flexibility index (Phi) is 5.78. The molecule has 1 aliphatic heterocycles. The number of imidazole rings is 1. The van der Waals surface area contributed by atoms with E-state index in [2.05, 4.69) is 4.57 Å². The van der Waals surface area contributed by atoms with Gasteiger partial charge in [-0.3, -0.25) is 4.79 Å². The van der Waals surface area contributed by atoms with Crippen LogP contribution in [0.25, 0.3) is 11.0 Å². The van der Waals surface area contributed by atoms with Crippen LogP contribution in [0.3, 0.4) is 0 Å². The SMILES string of the molecule is COC1CCC(n2c([C@@H]3CCCC(=O)N3c3ccc(F)c(F)c3)nc3cc(N)ccc32)CC1. The molecule has 174 valence electrons. The highest BCUT2D eigenvalue weighted by molar-refractivity contribution is 5.95. The number of carbonyl (C=O) groups excluding carboxylic acids is 1. The fraction of sp³-hybridized carbons (Fsp3) is 0.440. The summed E-state index contributed by atoms with van der Waals surface area (Å²) >= 11 is 0. The number of ether oxygens (including phenoxy) is 1. The van der Waals surface area contributed by atoms with Crippen LogP contribution in [0.4, 0.5) is 20.2 Å². The monoisotopic (exact) mass is 454 g/mol. The number of nitrogens with two attached hydrogens (primary N) is 1. The third kappa shape index (κ3) is 3.97. The lowest BCUT2D eigenvalue weighted by Gasteiger charge is -2.37. The fourth-order valence-electron chi connectivity index (χ4n) is 5.37. The molecule has 2 N–H and O–H groups in total. The number of nitrogen functional groups attached to an aromatic ring is 1. The Morgan fingerprint density at radius 3 is 2.55 bits per heavy atom. The number of aromatic nitrogens is 2. The number of anilines is 2. The Hall–Kier alpha value is -3.00. The molecule has 2 aromatic carbocycles. The summed E-state index contributed by atoms with van der Waals surface area (Å²) in [6.07, 6.45) is 5.80. The molecule has 1 saturated carbocycles. The van der Waals surface area contributed by atoms with E-state index in [1.807, 2.05) is 18.2 Å². The van der Waals surface area contributed by atoms with Gasteiger partial charge >= 0.3 is 0 Å². The van der Waals surface area contributed by atoms with Crippen molar-refractivity contribution in [1.82, 2.24) is 9.55 Å². The molecular weight excluding hydrogens is 426 g/mol. The van der Waals surface area contributed by atoms with Gasteiger partial charge < -0.3 is 19.9 Å². The number of methoxy groups -OCH3 is 1. The lowest BCUT2D eigenvalue weighted by molar-refractivity contribution is -0.120. The summed E-state index contributed by atoms with van der Waals surface area (Å²) in [7, 11) is 1.75. The van der Waals surface area contributed by atoms with Gasteiger partial charge in [-0.2, -0.15) is 0 Å². The first-order valence-corrected chi connectivity index (χ1v) is 11.5. The van der Waals surface area contributed by atoms with Crippen molar-refractivity contribution in [2.24, 2.45) is 0 Å². The summed E-state index contributed by atoms with van der Waals surface area (Å²) in [4.78, 5) is 19.6. The van der Waals surface area contributed by atoms with Crippen LogP contribution >= 0.6 is 0 Å². The highest BCUT2D eigenvalue weighted by Crippen LogP contribution is 2.41. The first-order valence-electron chi connectivity index (χ1n) is 11.5. The maximum atomic E-state index is 14.1. The van der Waals surface area contributed by atoms with Gasteiger partial charge in [0.05, 0.1) is 23.2 Å². The van der Waals surface area contributed by atoms with Crippen LogP contribution in [0.1, 0.15) is 62.9 Å². The number of hydrogen-bond acceptors (Lipinski definition) is 4. The summed E-state index contributed by atoms with van der Waals surface area (Å²) < 4.78 is 35.5. The summed E-state index contributed by atoms with van der Waals surface area (Å²) in [5.74, 6) is -1.24. The van der Waals surface area contributed by atoms with E-state index in [9.17, 15) is 13.6 Å². The smallest absolute Gasteiger partial charge is 0.227 e. The van der Waals surface area contributed by atoms with Gasteiger partial charge in [-0.1, -0.05) is 0 Å². The Labute approximate surface area is 191 Å². The van der Waals surface area contributed by atoms with Gasteiger partial charge in [0.25, 0.3) is 0 Å². The number of piperidine rings is 1.